The number of ether oxygens (including phenoxy) is 4. The summed E-state index contributed by atoms with van der Waals surface area (Å²) >= 11 is 7.78. The van der Waals surface area contributed by atoms with Crippen molar-refractivity contribution < 1.29 is 32.2 Å². The zero-order chi connectivity index (χ0) is 30.7. The first-order valence-electron chi connectivity index (χ1n) is 13.4. The molecule has 2 aromatic carbocycles. The monoisotopic (exact) mass is 637 g/mol. The molecule has 0 unspecified atom stereocenters. The van der Waals surface area contributed by atoms with Crippen molar-refractivity contribution in [2.75, 3.05) is 25.1 Å². The van der Waals surface area contributed by atoms with Crippen molar-refractivity contribution in [3.05, 3.63) is 58.6 Å². The lowest BCUT2D eigenvalue weighted by molar-refractivity contribution is -0.00103. The number of carbonyl (C=O) groups is 1. The largest absolute Gasteiger partial charge is 0.497 e. The maximum Gasteiger partial charge on any atom is 0.410 e. The molecule has 1 aromatic heterocycles. The number of carbonyl (C=O) groups excluding carboxylic acids is 1. The lowest BCUT2D eigenvalue weighted by atomic mass is 10.0. The number of hydrogen-bond acceptors (Lipinski definition) is 9. The van der Waals surface area contributed by atoms with Crippen molar-refractivity contribution in [1.82, 2.24) is 9.88 Å². The molecule has 1 aliphatic heterocycles. The molecule has 0 spiro atoms. The van der Waals surface area contributed by atoms with Crippen molar-refractivity contribution in [2.24, 2.45) is 0 Å². The highest BCUT2D eigenvalue weighted by molar-refractivity contribution is 7.93. The number of benzene rings is 2. The third-order valence-corrected chi connectivity index (χ3v) is 9.62. The van der Waals surface area contributed by atoms with Crippen molar-refractivity contribution in [1.29, 1.82) is 0 Å². The van der Waals surface area contributed by atoms with Gasteiger partial charge in [0.2, 0.25) is 0 Å². The molecule has 1 saturated heterocycles. The number of amides is 1. The molecule has 228 valence electrons. The highest BCUT2D eigenvalue weighted by atomic mass is 35.5. The molecule has 1 aliphatic rings. The molecule has 4 rings (SSSR count). The fraction of sp³-hybridized carbons (Fsp3) is 0.448. The van der Waals surface area contributed by atoms with Gasteiger partial charge < -0.3 is 23.8 Å². The second-order valence-electron chi connectivity index (χ2n) is 10.9. The van der Waals surface area contributed by atoms with Gasteiger partial charge in [-0.2, -0.15) is 0 Å². The summed E-state index contributed by atoms with van der Waals surface area (Å²) in [6, 6.07) is 9.52. The van der Waals surface area contributed by atoms with Gasteiger partial charge in [-0.05, 0) is 58.0 Å². The number of aromatic nitrogens is 1. The lowest BCUT2D eigenvalue weighted by Gasteiger charge is -2.38. The van der Waals surface area contributed by atoms with Gasteiger partial charge in [-0.3, -0.25) is 0 Å². The second-order valence-corrected chi connectivity index (χ2v) is 14.0. The van der Waals surface area contributed by atoms with Crippen LogP contribution in [0.1, 0.15) is 46.1 Å². The van der Waals surface area contributed by atoms with Crippen LogP contribution in [0.5, 0.6) is 17.2 Å². The normalized spacial score (nSPS) is 17.5. The van der Waals surface area contributed by atoms with E-state index in [-0.39, 0.29) is 34.7 Å². The van der Waals surface area contributed by atoms with Gasteiger partial charge in [0.05, 0.1) is 30.7 Å². The van der Waals surface area contributed by atoms with E-state index in [0.29, 0.717) is 47.3 Å². The van der Waals surface area contributed by atoms with E-state index in [1.165, 1.54) is 34.9 Å². The summed E-state index contributed by atoms with van der Waals surface area (Å²) in [7, 11) is -1.02. The Morgan fingerprint density at radius 1 is 1.14 bits per heavy atom. The van der Waals surface area contributed by atoms with Gasteiger partial charge in [-0.25, -0.2) is 22.5 Å². The molecule has 2 heterocycles. The summed E-state index contributed by atoms with van der Waals surface area (Å²) in [5.74, 6) is 1.45. The number of sulfonamides is 1. The van der Waals surface area contributed by atoms with Gasteiger partial charge in [-0.1, -0.05) is 11.6 Å². The summed E-state index contributed by atoms with van der Waals surface area (Å²) in [6.45, 7) is 7.91. The number of methoxy groups -OCH3 is 2. The van der Waals surface area contributed by atoms with Crippen LogP contribution in [-0.4, -0.2) is 62.9 Å². The summed E-state index contributed by atoms with van der Waals surface area (Å²) in [5, 5.41) is 2.18. The molecule has 2 atom stereocenters. The number of piperidine rings is 1. The van der Waals surface area contributed by atoms with Gasteiger partial charge in [-0.15, -0.1) is 11.3 Å². The topological polar surface area (TPSA) is 108 Å². The van der Waals surface area contributed by atoms with Crippen LogP contribution < -0.4 is 18.5 Å². The summed E-state index contributed by atoms with van der Waals surface area (Å²) < 4.78 is 51.5. The minimum Gasteiger partial charge on any atom is -0.497 e. The Morgan fingerprint density at radius 2 is 1.90 bits per heavy atom. The van der Waals surface area contributed by atoms with E-state index in [1.807, 2.05) is 27.7 Å². The van der Waals surface area contributed by atoms with Crippen molar-refractivity contribution in [2.45, 2.75) is 69.7 Å². The Bertz CT molecular complexity index is 1490. The first-order valence-corrected chi connectivity index (χ1v) is 16.1. The predicted octanol–water partition coefficient (Wildman–Crippen LogP) is 6.38. The summed E-state index contributed by atoms with van der Waals surface area (Å²) in [4.78, 5) is 18.5. The minimum absolute atomic E-state index is 0.00404. The fourth-order valence-corrected chi connectivity index (χ4v) is 7.19. The Hall–Kier alpha value is -3.22. The number of thiazole rings is 1. The zero-order valence-corrected chi connectivity index (χ0v) is 26.9. The van der Waals surface area contributed by atoms with Crippen LogP contribution in [0.2, 0.25) is 5.02 Å². The molecule has 0 N–H and O–H groups in total. The van der Waals surface area contributed by atoms with E-state index in [2.05, 4.69) is 4.98 Å². The van der Waals surface area contributed by atoms with Crippen LogP contribution in [0, 0.1) is 0 Å². The summed E-state index contributed by atoms with van der Waals surface area (Å²) in [5.41, 5.74) is 0.0604. The molecule has 3 aromatic rings. The summed E-state index contributed by atoms with van der Waals surface area (Å²) in [6.07, 6.45) is 2.16. The second kappa shape index (κ2) is 13.0. The first-order chi connectivity index (χ1) is 19.8. The van der Waals surface area contributed by atoms with Crippen LogP contribution in [0.15, 0.2) is 52.9 Å². The molecule has 1 fully saturated rings. The van der Waals surface area contributed by atoms with E-state index in [9.17, 15) is 13.2 Å². The Kier molecular flexibility index (Phi) is 9.79. The van der Waals surface area contributed by atoms with E-state index >= 15 is 0 Å². The van der Waals surface area contributed by atoms with E-state index < -0.39 is 15.6 Å². The van der Waals surface area contributed by atoms with E-state index in [4.69, 9.17) is 30.5 Å². The Morgan fingerprint density at radius 3 is 2.50 bits per heavy atom. The number of halogens is 1. The van der Waals surface area contributed by atoms with Crippen LogP contribution in [-0.2, 0) is 21.3 Å². The molecule has 13 heteroatoms. The van der Waals surface area contributed by atoms with Crippen molar-refractivity contribution in [3.8, 4) is 17.2 Å². The average molecular weight is 638 g/mol. The number of nitrogens with zero attached hydrogens (tertiary/aromatic N) is 3. The first kappa shape index (κ1) is 31.7. The fourth-order valence-electron chi connectivity index (χ4n) is 4.60. The molecular formula is C29H36ClN3O7S2. The maximum atomic E-state index is 13.9. The third kappa shape index (κ3) is 7.40. The predicted molar refractivity (Wildman–Crippen MR) is 163 cm³/mol. The average Bonchev–Trinajstić information content (AvgIpc) is 3.46. The van der Waals surface area contributed by atoms with Gasteiger partial charge in [0.25, 0.3) is 10.0 Å². The lowest BCUT2D eigenvalue weighted by Crippen LogP contribution is -2.49. The molecule has 42 heavy (non-hydrogen) atoms. The molecule has 1 amide bonds. The van der Waals surface area contributed by atoms with Gasteiger partial charge in [0, 0.05) is 48.6 Å². The zero-order valence-electron chi connectivity index (χ0n) is 24.5. The number of likely N-dealkylation sites (tertiary alicyclic amines) is 1. The molecule has 10 nitrogen and oxygen atoms in total. The van der Waals surface area contributed by atoms with Crippen LogP contribution in [0.25, 0.3) is 0 Å². The third-order valence-electron chi connectivity index (χ3n) is 6.68. The minimum atomic E-state index is -4.08. The Labute approximate surface area is 256 Å². The molecular weight excluding hydrogens is 602 g/mol. The Balaban J connectivity index is 1.52. The van der Waals surface area contributed by atoms with E-state index in [1.54, 1.807) is 47.9 Å². The standard InChI is InChI=1S/C29H36ClN3O7S2/c1-19-15-22(11-13-32(19)28(34)40-29(2,3)4)39-25-10-9-23(17-24(25)30)42(35,36)33(27-31-12-14-41-27)18-20-7-8-21(37-5)16-26(20)38-6/h7-10,12,14,16-17,19,22H,11,13,15,18H2,1-6H3/t19-,22-/m1/s1. The van der Waals surface area contributed by atoms with Crippen molar-refractivity contribution >= 4 is 44.2 Å². The van der Waals surface area contributed by atoms with Gasteiger partial charge >= 0.3 is 6.09 Å². The quantitative estimate of drug-likeness (QED) is 0.266. The highest BCUT2D eigenvalue weighted by Crippen LogP contribution is 2.35. The van der Waals surface area contributed by atoms with E-state index in [0.717, 1.165) is 0 Å². The van der Waals surface area contributed by atoms with Crippen molar-refractivity contribution in [3.63, 3.8) is 0 Å². The smallest absolute Gasteiger partial charge is 0.410 e. The number of hydrogen-bond donors (Lipinski definition) is 0. The highest BCUT2D eigenvalue weighted by Gasteiger charge is 2.33. The molecule has 0 saturated carbocycles. The molecule has 0 bridgehead atoms. The number of anilines is 1. The van der Waals surface area contributed by atoms with Gasteiger partial charge in [0.1, 0.15) is 29.0 Å². The van der Waals surface area contributed by atoms with Crippen LogP contribution in [0.4, 0.5) is 9.93 Å². The SMILES string of the molecule is COc1ccc(CN(c2nccs2)S(=O)(=O)c2ccc(O[C@@H]3CCN(C(=O)OC(C)(C)C)[C@H](C)C3)c(Cl)c2)c(OC)c1. The maximum absolute atomic E-state index is 13.9. The number of rotatable bonds is 9. The van der Waals surface area contributed by atoms with Gasteiger partial charge in [0.15, 0.2) is 5.13 Å². The molecule has 0 aliphatic carbocycles. The van der Waals surface area contributed by atoms with Crippen LogP contribution >= 0.6 is 22.9 Å². The molecule has 0 radical (unpaired) electrons. The van der Waals surface area contributed by atoms with Crippen LogP contribution in [0.3, 0.4) is 0 Å².